The molecule has 2 aromatic carbocycles. The zero-order valence-corrected chi connectivity index (χ0v) is 23.5. The number of carboxylic acid groups (broad SMARTS) is 1. The van der Waals surface area contributed by atoms with Crippen molar-refractivity contribution in [1.29, 1.82) is 0 Å². The number of aliphatic hydroxyl groups excluding tert-OH is 1. The van der Waals surface area contributed by atoms with E-state index in [9.17, 15) is 29.4 Å². The molecule has 11 nitrogen and oxygen atoms in total. The minimum Gasteiger partial charge on any atom is -0.480 e. The summed E-state index contributed by atoms with van der Waals surface area (Å²) in [5, 5.41) is 28.5. The molecule has 8 N–H and O–H groups in total. The highest BCUT2D eigenvalue weighted by Gasteiger charge is 2.33. The Bertz CT molecular complexity index is 1340. The lowest BCUT2D eigenvalue weighted by Gasteiger charge is -2.26. The molecule has 220 valence electrons. The Morgan fingerprint density at radius 1 is 0.829 bits per heavy atom. The summed E-state index contributed by atoms with van der Waals surface area (Å²) in [6.07, 6.45) is 0.853. The van der Waals surface area contributed by atoms with Gasteiger partial charge in [-0.1, -0.05) is 62.4 Å². The van der Waals surface area contributed by atoms with Gasteiger partial charge in [-0.25, -0.2) is 4.79 Å². The van der Waals surface area contributed by atoms with E-state index in [0.29, 0.717) is 0 Å². The number of para-hydroxylation sites is 1. The maximum atomic E-state index is 13.4. The Morgan fingerprint density at radius 2 is 1.46 bits per heavy atom. The first-order chi connectivity index (χ1) is 19.5. The third-order valence-corrected chi connectivity index (χ3v) is 6.75. The third kappa shape index (κ3) is 8.89. The molecule has 5 atom stereocenters. The van der Waals surface area contributed by atoms with Crippen LogP contribution in [0.25, 0.3) is 10.9 Å². The van der Waals surface area contributed by atoms with Crippen LogP contribution < -0.4 is 21.7 Å². The van der Waals surface area contributed by atoms with Gasteiger partial charge < -0.3 is 36.9 Å². The van der Waals surface area contributed by atoms with Crippen molar-refractivity contribution in [2.24, 2.45) is 11.7 Å². The number of hydrogen-bond donors (Lipinski definition) is 7. The minimum atomic E-state index is -1.41. The number of nitrogens with one attached hydrogen (secondary N) is 4. The van der Waals surface area contributed by atoms with E-state index in [-0.39, 0.29) is 25.2 Å². The van der Waals surface area contributed by atoms with Crippen molar-refractivity contribution in [3.63, 3.8) is 0 Å². The van der Waals surface area contributed by atoms with Crippen molar-refractivity contribution in [1.82, 2.24) is 20.9 Å². The summed E-state index contributed by atoms with van der Waals surface area (Å²) in [6, 6.07) is 11.8. The smallest absolute Gasteiger partial charge is 0.326 e. The van der Waals surface area contributed by atoms with Crippen molar-refractivity contribution in [2.45, 2.75) is 70.3 Å². The molecule has 3 rings (SSSR count). The first-order valence-electron chi connectivity index (χ1n) is 13.6. The fourth-order valence-electron chi connectivity index (χ4n) is 4.58. The average molecular weight is 566 g/mol. The zero-order chi connectivity index (χ0) is 30.1. The molecular weight excluding hydrogens is 526 g/mol. The number of benzene rings is 2. The van der Waals surface area contributed by atoms with Gasteiger partial charge in [-0.3, -0.25) is 14.4 Å². The van der Waals surface area contributed by atoms with Gasteiger partial charge in [0.25, 0.3) is 0 Å². The molecule has 41 heavy (non-hydrogen) atoms. The number of H-pyrrole nitrogens is 1. The number of amides is 3. The lowest BCUT2D eigenvalue weighted by molar-refractivity contribution is -0.143. The molecule has 0 radical (unpaired) electrons. The number of carbonyl (C=O) groups is 4. The van der Waals surface area contributed by atoms with E-state index in [1.54, 1.807) is 6.20 Å². The van der Waals surface area contributed by atoms with Crippen LogP contribution >= 0.6 is 0 Å². The van der Waals surface area contributed by atoms with Gasteiger partial charge in [0.05, 0.1) is 12.1 Å². The molecule has 0 saturated carbocycles. The van der Waals surface area contributed by atoms with E-state index in [1.807, 2.05) is 68.4 Å². The van der Waals surface area contributed by atoms with Gasteiger partial charge in [0.1, 0.15) is 18.1 Å². The Hall–Kier alpha value is -4.22. The van der Waals surface area contributed by atoms with Gasteiger partial charge in [0, 0.05) is 23.5 Å². The highest BCUT2D eigenvalue weighted by atomic mass is 16.4. The SMILES string of the molecule is CC(C)CC(NC(=O)C(Cc1c[nH]c2ccccc12)NC(=O)C(NC(=O)C(N)Cc1ccccc1)C(C)O)C(=O)O. The van der Waals surface area contributed by atoms with Crippen molar-refractivity contribution in [2.75, 3.05) is 0 Å². The van der Waals surface area contributed by atoms with Crippen LogP contribution in [-0.4, -0.2) is 69.2 Å². The lowest BCUT2D eigenvalue weighted by atomic mass is 10.0. The van der Waals surface area contributed by atoms with Gasteiger partial charge in [-0.15, -0.1) is 0 Å². The number of aliphatic carboxylic acids is 1. The summed E-state index contributed by atoms with van der Waals surface area (Å²) in [6.45, 7) is 5.02. The number of fused-ring (bicyclic) bond motifs is 1. The summed E-state index contributed by atoms with van der Waals surface area (Å²) < 4.78 is 0. The monoisotopic (exact) mass is 565 g/mol. The summed E-state index contributed by atoms with van der Waals surface area (Å²) in [4.78, 5) is 54.5. The largest absolute Gasteiger partial charge is 0.480 e. The van der Waals surface area contributed by atoms with E-state index in [0.717, 1.165) is 22.0 Å². The van der Waals surface area contributed by atoms with Gasteiger partial charge in [-0.05, 0) is 42.9 Å². The van der Waals surface area contributed by atoms with Crippen molar-refractivity contribution in [3.8, 4) is 0 Å². The molecule has 0 aliphatic carbocycles. The molecule has 5 unspecified atom stereocenters. The zero-order valence-electron chi connectivity index (χ0n) is 23.5. The number of carboxylic acids is 1. The Labute approximate surface area is 238 Å². The normalized spacial score (nSPS) is 15.0. The number of nitrogens with two attached hydrogens (primary N) is 1. The molecule has 0 saturated heterocycles. The van der Waals surface area contributed by atoms with Crippen LogP contribution in [0.4, 0.5) is 0 Å². The van der Waals surface area contributed by atoms with E-state index in [2.05, 4.69) is 20.9 Å². The van der Waals surface area contributed by atoms with Crippen LogP contribution in [0.2, 0.25) is 0 Å². The van der Waals surface area contributed by atoms with Crippen LogP contribution in [-0.2, 0) is 32.0 Å². The second-order valence-corrected chi connectivity index (χ2v) is 10.7. The fraction of sp³-hybridized carbons (Fsp3) is 0.400. The topological polar surface area (TPSA) is 187 Å². The Morgan fingerprint density at radius 3 is 2.10 bits per heavy atom. The second kappa shape index (κ2) is 14.4. The van der Waals surface area contributed by atoms with E-state index in [4.69, 9.17) is 5.73 Å². The Kier molecular flexibility index (Phi) is 11.0. The molecule has 0 bridgehead atoms. The number of rotatable bonds is 14. The molecule has 1 heterocycles. The van der Waals surface area contributed by atoms with Crippen LogP contribution in [0.3, 0.4) is 0 Å². The molecule has 3 aromatic rings. The highest BCUT2D eigenvalue weighted by Crippen LogP contribution is 2.19. The van der Waals surface area contributed by atoms with Gasteiger partial charge in [-0.2, -0.15) is 0 Å². The van der Waals surface area contributed by atoms with Crippen LogP contribution in [0.1, 0.15) is 38.3 Å². The lowest BCUT2D eigenvalue weighted by Crippen LogP contribution is -2.60. The number of carbonyl (C=O) groups excluding carboxylic acids is 3. The van der Waals surface area contributed by atoms with Crippen molar-refractivity contribution >= 4 is 34.6 Å². The average Bonchev–Trinajstić information content (AvgIpc) is 3.33. The molecule has 0 aliphatic rings. The fourth-order valence-corrected chi connectivity index (χ4v) is 4.58. The molecule has 0 spiro atoms. The number of aromatic amines is 1. The standard InChI is InChI=1S/C30H39N5O6/c1-17(2)13-25(30(40)41)34-28(38)24(15-20-16-32-23-12-8-7-11-21(20)23)33-29(39)26(18(3)36)35-27(37)22(31)14-19-9-5-4-6-10-19/h4-12,16-18,22,24-26,32,36H,13-15,31H2,1-3H3,(H,33,39)(H,34,38)(H,35,37)(H,40,41). The van der Waals surface area contributed by atoms with Crippen molar-refractivity contribution in [3.05, 3.63) is 71.9 Å². The number of hydrogen-bond acceptors (Lipinski definition) is 6. The molecule has 11 heteroatoms. The van der Waals surface area contributed by atoms with E-state index in [1.165, 1.54) is 6.92 Å². The highest BCUT2D eigenvalue weighted by molar-refractivity contribution is 5.95. The molecule has 0 fully saturated rings. The molecule has 1 aromatic heterocycles. The van der Waals surface area contributed by atoms with Gasteiger partial charge in [0.2, 0.25) is 17.7 Å². The van der Waals surface area contributed by atoms with E-state index >= 15 is 0 Å². The minimum absolute atomic E-state index is 0.00650. The number of aliphatic hydroxyl groups is 1. The predicted molar refractivity (Wildman–Crippen MR) is 155 cm³/mol. The van der Waals surface area contributed by atoms with Crippen LogP contribution in [0.5, 0.6) is 0 Å². The summed E-state index contributed by atoms with van der Waals surface area (Å²) >= 11 is 0. The maximum Gasteiger partial charge on any atom is 0.326 e. The quantitative estimate of drug-likeness (QED) is 0.153. The molecular formula is C30H39N5O6. The summed E-state index contributed by atoms with van der Waals surface area (Å²) in [7, 11) is 0. The summed E-state index contributed by atoms with van der Waals surface area (Å²) in [5.41, 5.74) is 8.45. The number of aromatic nitrogens is 1. The van der Waals surface area contributed by atoms with Crippen molar-refractivity contribution < 1.29 is 29.4 Å². The Balaban J connectivity index is 1.80. The van der Waals surface area contributed by atoms with Gasteiger partial charge in [0.15, 0.2) is 0 Å². The maximum absolute atomic E-state index is 13.4. The summed E-state index contributed by atoms with van der Waals surface area (Å²) in [5.74, 6) is -3.35. The third-order valence-electron chi connectivity index (χ3n) is 6.75. The molecule has 0 aliphatic heterocycles. The van der Waals surface area contributed by atoms with Crippen LogP contribution in [0.15, 0.2) is 60.8 Å². The van der Waals surface area contributed by atoms with E-state index < -0.39 is 54.0 Å². The predicted octanol–water partition coefficient (Wildman–Crippen LogP) is 1.25. The van der Waals surface area contributed by atoms with Crippen LogP contribution in [0, 0.1) is 5.92 Å². The first-order valence-corrected chi connectivity index (χ1v) is 13.6. The molecule has 3 amide bonds. The van der Waals surface area contributed by atoms with Gasteiger partial charge >= 0.3 is 5.97 Å². The first kappa shape index (κ1) is 31.3. The second-order valence-electron chi connectivity index (χ2n) is 10.7.